The van der Waals surface area contributed by atoms with Gasteiger partial charge in [-0.2, -0.15) is 0 Å². The number of aliphatic carboxylic acids is 1. The van der Waals surface area contributed by atoms with Crippen LogP contribution in [-0.2, 0) is 20.7 Å². The molecule has 0 aliphatic carbocycles. The average molecular weight is 266 g/mol. The quantitative estimate of drug-likeness (QED) is 0.637. The zero-order valence-corrected chi connectivity index (χ0v) is 10.4. The number of carboxylic acid groups (broad SMARTS) is 1. The Morgan fingerprint density at radius 1 is 1.42 bits per heavy atom. The van der Waals surface area contributed by atoms with E-state index in [4.69, 9.17) is 19.3 Å². The van der Waals surface area contributed by atoms with Crippen molar-refractivity contribution in [3.63, 3.8) is 0 Å². The molecule has 0 fully saturated rings. The molecule has 1 aliphatic rings. The van der Waals surface area contributed by atoms with Gasteiger partial charge in [0.25, 0.3) is 0 Å². The molecule has 1 N–H and O–H groups in total. The largest absolute Gasteiger partial charge is 0.481 e. The van der Waals surface area contributed by atoms with Crippen molar-refractivity contribution in [2.45, 2.75) is 13.3 Å². The minimum Gasteiger partial charge on any atom is -0.481 e. The second-order valence-electron chi connectivity index (χ2n) is 4.00. The van der Waals surface area contributed by atoms with Crippen LogP contribution in [0.2, 0.25) is 0 Å². The maximum absolute atomic E-state index is 11.6. The van der Waals surface area contributed by atoms with Gasteiger partial charge in [-0.3, -0.25) is 9.59 Å². The Bertz CT molecular complexity index is 496. The summed E-state index contributed by atoms with van der Waals surface area (Å²) in [5, 5.41) is 9.11. The zero-order valence-electron chi connectivity index (χ0n) is 10.4. The standard InChI is InChI=1S/C13H14O6/c1-2-17-13(16)9(12(14)15)6-8-4-3-5-10-11(8)19-7-18-10/h3-5,9H,2,6-7H2,1H3,(H,14,15). The fourth-order valence-electron chi connectivity index (χ4n) is 1.89. The molecule has 0 saturated heterocycles. The van der Waals surface area contributed by atoms with E-state index in [0.717, 1.165) is 0 Å². The molecule has 0 saturated carbocycles. The van der Waals surface area contributed by atoms with Crippen molar-refractivity contribution in [3.8, 4) is 11.5 Å². The molecular formula is C13H14O6. The third kappa shape index (κ3) is 2.78. The second kappa shape index (κ2) is 5.60. The van der Waals surface area contributed by atoms with E-state index >= 15 is 0 Å². The average Bonchev–Trinajstić information content (AvgIpc) is 2.84. The van der Waals surface area contributed by atoms with E-state index in [0.29, 0.717) is 17.1 Å². The van der Waals surface area contributed by atoms with Gasteiger partial charge in [0.15, 0.2) is 17.4 Å². The molecule has 0 aromatic heterocycles. The number of benzene rings is 1. The maximum Gasteiger partial charge on any atom is 0.320 e. The van der Waals surface area contributed by atoms with Crippen LogP contribution in [0.15, 0.2) is 18.2 Å². The zero-order chi connectivity index (χ0) is 13.8. The SMILES string of the molecule is CCOC(=O)C(Cc1cccc2c1OCO2)C(=O)O. The van der Waals surface area contributed by atoms with Gasteiger partial charge >= 0.3 is 11.9 Å². The Kier molecular flexibility index (Phi) is 3.89. The number of para-hydroxylation sites is 1. The molecule has 1 aromatic carbocycles. The molecule has 6 heteroatoms. The van der Waals surface area contributed by atoms with Gasteiger partial charge < -0.3 is 19.3 Å². The monoisotopic (exact) mass is 266 g/mol. The van der Waals surface area contributed by atoms with Gasteiger partial charge in [-0.15, -0.1) is 0 Å². The van der Waals surface area contributed by atoms with Gasteiger partial charge in [0.05, 0.1) is 6.61 Å². The molecule has 6 nitrogen and oxygen atoms in total. The summed E-state index contributed by atoms with van der Waals surface area (Å²) >= 11 is 0. The minimum atomic E-state index is -1.24. The highest BCUT2D eigenvalue weighted by molar-refractivity contribution is 5.94. The predicted octanol–water partition coefficient (Wildman–Crippen LogP) is 1.22. The van der Waals surface area contributed by atoms with E-state index in [-0.39, 0.29) is 19.8 Å². The summed E-state index contributed by atoms with van der Waals surface area (Å²) in [5.74, 6) is -2.14. The molecule has 0 bridgehead atoms. The number of carboxylic acids is 1. The van der Waals surface area contributed by atoms with Crippen LogP contribution in [0.4, 0.5) is 0 Å². The van der Waals surface area contributed by atoms with Crippen LogP contribution in [-0.4, -0.2) is 30.4 Å². The third-order valence-electron chi connectivity index (χ3n) is 2.77. The van der Waals surface area contributed by atoms with E-state index in [1.165, 1.54) is 0 Å². The van der Waals surface area contributed by atoms with Gasteiger partial charge in [0.2, 0.25) is 6.79 Å². The van der Waals surface area contributed by atoms with Crippen LogP contribution in [0.3, 0.4) is 0 Å². The van der Waals surface area contributed by atoms with E-state index in [1.54, 1.807) is 25.1 Å². The second-order valence-corrected chi connectivity index (χ2v) is 4.00. The molecule has 102 valence electrons. The summed E-state index contributed by atoms with van der Waals surface area (Å²) in [4.78, 5) is 22.8. The molecule has 2 rings (SSSR count). The fraction of sp³-hybridized carbons (Fsp3) is 0.385. The molecular weight excluding hydrogens is 252 g/mol. The van der Waals surface area contributed by atoms with Crippen molar-refractivity contribution in [2.24, 2.45) is 5.92 Å². The minimum absolute atomic E-state index is 0.0146. The Morgan fingerprint density at radius 3 is 2.89 bits per heavy atom. The number of carbonyl (C=O) groups excluding carboxylic acids is 1. The van der Waals surface area contributed by atoms with Gasteiger partial charge in [-0.05, 0) is 18.6 Å². The Balaban J connectivity index is 2.20. The Morgan fingerprint density at radius 2 is 2.21 bits per heavy atom. The van der Waals surface area contributed by atoms with Crippen molar-refractivity contribution >= 4 is 11.9 Å². The first-order chi connectivity index (χ1) is 9.13. The first kappa shape index (κ1) is 13.2. The highest BCUT2D eigenvalue weighted by atomic mass is 16.7. The number of ether oxygens (including phenoxy) is 3. The van der Waals surface area contributed by atoms with Crippen molar-refractivity contribution in [1.82, 2.24) is 0 Å². The normalized spacial score (nSPS) is 13.9. The van der Waals surface area contributed by atoms with Crippen LogP contribution in [0.1, 0.15) is 12.5 Å². The number of esters is 1. The third-order valence-corrected chi connectivity index (χ3v) is 2.77. The number of fused-ring (bicyclic) bond motifs is 1. The van der Waals surface area contributed by atoms with E-state index in [9.17, 15) is 9.59 Å². The smallest absolute Gasteiger partial charge is 0.320 e. The molecule has 19 heavy (non-hydrogen) atoms. The lowest BCUT2D eigenvalue weighted by atomic mass is 9.98. The number of hydrogen-bond acceptors (Lipinski definition) is 5. The Hall–Kier alpha value is -2.24. The summed E-state index contributed by atoms with van der Waals surface area (Å²) < 4.78 is 15.3. The first-order valence-electron chi connectivity index (χ1n) is 5.90. The van der Waals surface area contributed by atoms with Crippen molar-refractivity contribution in [3.05, 3.63) is 23.8 Å². The number of hydrogen-bond donors (Lipinski definition) is 1. The summed E-state index contributed by atoms with van der Waals surface area (Å²) in [6.45, 7) is 1.88. The summed E-state index contributed by atoms with van der Waals surface area (Å²) in [7, 11) is 0. The van der Waals surface area contributed by atoms with Crippen molar-refractivity contribution in [1.29, 1.82) is 0 Å². The molecule has 0 spiro atoms. The van der Waals surface area contributed by atoms with Crippen LogP contribution >= 0.6 is 0 Å². The van der Waals surface area contributed by atoms with Crippen LogP contribution in [0, 0.1) is 5.92 Å². The van der Waals surface area contributed by atoms with Gasteiger partial charge in [-0.1, -0.05) is 12.1 Å². The van der Waals surface area contributed by atoms with Crippen molar-refractivity contribution in [2.75, 3.05) is 13.4 Å². The van der Waals surface area contributed by atoms with Crippen molar-refractivity contribution < 1.29 is 28.9 Å². The summed E-state index contributed by atoms with van der Waals surface area (Å²) in [6.07, 6.45) is 0.0146. The summed E-state index contributed by atoms with van der Waals surface area (Å²) in [6, 6.07) is 5.17. The van der Waals surface area contributed by atoms with E-state index in [1.807, 2.05) is 0 Å². The predicted molar refractivity (Wildman–Crippen MR) is 64.0 cm³/mol. The lowest BCUT2D eigenvalue weighted by molar-refractivity contribution is -0.158. The highest BCUT2D eigenvalue weighted by Crippen LogP contribution is 2.36. The van der Waals surface area contributed by atoms with Gasteiger partial charge in [-0.25, -0.2) is 0 Å². The van der Waals surface area contributed by atoms with Gasteiger partial charge in [0.1, 0.15) is 0 Å². The van der Waals surface area contributed by atoms with E-state index in [2.05, 4.69) is 0 Å². The highest BCUT2D eigenvalue weighted by Gasteiger charge is 2.30. The lowest BCUT2D eigenvalue weighted by Gasteiger charge is -2.12. The lowest BCUT2D eigenvalue weighted by Crippen LogP contribution is -2.28. The topological polar surface area (TPSA) is 82.1 Å². The molecule has 1 aromatic rings. The molecule has 1 heterocycles. The summed E-state index contributed by atoms with van der Waals surface area (Å²) in [5.41, 5.74) is 0.621. The molecule has 0 amide bonds. The number of carbonyl (C=O) groups is 2. The maximum atomic E-state index is 11.6. The fourth-order valence-corrected chi connectivity index (χ4v) is 1.89. The van der Waals surface area contributed by atoms with E-state index < -0.39 is 17.9 Å². The molecule has 1 atom stereocenters. The number of rotatable bonds is 5. The first-order valence-corrected chi connectivity index (χ1v) is 5.90. The van der Waals surface area contributed by atoms with Crippen LogP contribution < -0.4 is 9.47 Å². The molecule has 0 radical (unpaired) electrons. The van der Waals surface area contributed by atoms with Crippen LogP contribution in [0.5, 0.6) is 11.5 Å². The Labute approximate surface area is 109 Å². The van der Waals surface area contributed by atoms with Crippen LogP contribution in [0.25, 0.3) is 0 Å². The molecule has 1 unspecified atom stereocenters. The van der Waals surface area contributed by atoms with Gasteiger partial charge in [0, 0.05) is 6.42 Å². The molecule has 1 aliphatic heterocycles.